The molecule has 5 nitrogen and oxygen atoms in total. The van der Waals surface area contributed by atoms with Crippen LogP contribution in [-0.2, 0) is 21.6 Å². The van der Waals surface area contributed by atoms with Gasteiger partial charge in [-0.15, -0.1) is 0 Å². The maximum absolute atomic E-state index is 6.53. The SMILES string of the molecule is Clc1ccc(C2OCOC2(Cn2cncn2)c2ccc(Cl)cc2Cl)cc1. The summed E-state index contributed by atoms with van der Waals surface area (Å²) < 4.78 is 13.8. The van der Waals surface area contributed by atoms with E-state index in [1.807, 2.05) is 30.3 Å². The number of nitrogens with zero attached hydrogens (tertiary/aromatic N) is 3. The lowest BCUT2D eigenvalue weighted by atomic mass is 9.84. The molecule has 0 radical (unpaired) electrons. The number of hydrogen-bond donors (Lipinski definition) is 0. The van der Waals surface area contributed by atoms with Crippen LogP contribution in [0.2, 0.25) is 15.1 Å². The van der Waals surface area contributed by atoms with Crippen LogP contribution >= 0.6 is 34.8 Å². The minimum atomic E-state index is -0.886. The molecule has 0 amide bonds. The molecule has 1 aromatic heterocycles. The van der Waals surface area contributed by atoms with Crippen molar-refractivity contribution in [1.29, 1.82) is 0 Å². The molecule has 26 heavy (non-hydrogen) atoms. The number of aromatic nitrogens is 3. The lowest BCUT2D eigenvalue weighted by molar-refractivity contribution is -0.0296. The average Bonchev–Trinajstić information content (AvgIpc) is 3.26. The van der Waals surface area contributed by atoms with Crippen molar-refractivity contribution >= 4 is 34.8 Å². The monoisotopic (exact) mass is 409 g/mol. The molecule has 2 aromatic carbocycles. The van der Waals surface area contributed by atoms with Crippen molar-refractivity contribution in [1.82, 2.24) is 14.8 Å². The Bertz CT molecular complexity index is 903. The van der Waals surface area contributed by atoms with Gasteiger partial charge in [0.1, 0.15) is 31.2 Å². The first-order chi connectivity index (χ1) is 12.6. The fraction of sp³-hybridized carbons (Fsp3) is 0.222. The third-order valence-corrected chi connectivity index (χ3v) is 5.20. The van der Waals surface area contributed by atoms with Gasteiger partial charge in [0.05, 0.1) is 6.54 Å². The van der Waals surface area contributed by atoms with E-state index in [0.29, 0.717) is 21.6 Å². The van der Waals surface area contributed by atoms with E-state index in [0.717, 1.165) is 11.1 Å². The number of ether oxygens (including phenoxy) is 2. The molecular weight excluding hydrogens is 397 g/mol. The number of halogens is 3. The van der Waals surface area contributed by atoms with Crippen molar-refractivity contribution in [3.05, 3.63) is 81.3 Å². The molecule has 1 aliphatic heterocycles. The molecule has 0 N–H and O–H groups in total. The normalized spacial score (nSPS) is 22.7. The third kappa shape index (κ3) is 3.21. The standard InChI is InChI=1S/C18H14Cl3N3O2/c19-13-3-1-12(2-4-13)17-18(26-11-25-17,8-24-10-22-9-23-24)15-6-5-14(20)7-16(15)21/h1-7,9-10,17H,8,11H2. The Balaban J connectivity index is 1.85. The highest BCUT2D eigenvalue weighted by atomic mass is 35.5. The van der Waals surface area contributed by atoms with Gasteiger partial charge in [0.2, 0.25) is 0 Å². The smallest absolute Gasteiger partial charge is 0.149 e. The maximum atomic E-state index is 6.53. The van der Waals surface area contributed by atoms with Gasteiger partial charge in [0, 0.05) is 20.6 Å². The molecule has 4 rings (SSSR count). The molecule has 0 saturated carbocycles. The van der Waals surface area contributed by atoms with Gasteiger partial charge in [-0.25, -0.2) is 9.67 Å². The van der Waals surface area contributed by atoms with Gasteiger partial charge >= 0.3 is 0 Å². The van der Waals surface area contributed by atoms with Crippen LogP contribution in [0.25, 0.3) is 0 Å². The second-order valence-corrected chi connectivity index (χ2v) is 7.25. The van der Waals surface area contributed by atoms with Crippen LogP contribution in [0.5, 0.6) is 0 Å². The third-order valence-electron chi connectivity index (χ3n) is 4.40. The van der Waals surface area contributed by atoms with Gasteiger partial charge in [0.25, 0.3) is 0 Å². The van der Waals surface area contributed by atoms with Crippen molar-refractivity contribution in [3.63, 3.8) is 0 Å². The van der Waals surface area contributed by atoms with E-state index in [-0.39, 0.29) is 6.79 Å². The van der Waals surface area contributed by atoms with E-state index in [1.165, 1.54) is 6.33 Å². The molecule has 8 heteroatoms. The van der Waals surface area contributed by atoms with Crippen molar-refractivity contribution in [3.8, 4) is 0 Å². The van der Waals surface area contributed by atoms with Crippen LogP contribution in [0.15, 0.2) is 55.1 Å². The summed E-state index contributed by atoms with van der Waals surface area (Å²) in [6.45, 7) is 0.503. The molecule has 1 aliphatic rings. The van der Waals surface area contributed by atoms with Crippen molar-refractivity contribution < 1.29 is 9.47 Å². The van der Waals surface area contributed by atoms with Crippen molar-refractivity contribution in [2.75, 3.05) is 6.79 Å². The predicted octanol–water partition coefficient (Wildman–Crippen LogP) is 4.88. The Labute approximate surface area is 165 Å². The first kappa shape index (κ1) is 17.8. The topological polar surface area (TPSA) is 49.2 Å². The molecule has 2 unspecified atom stereocenters. The van der Waals surface area contributed by atoms with E-state index >= 15 is 0 Å². The zero-order valence-corrected chi connectivity index (χ0v) is 15.7. The van der Waals surface area contributed by atoms with Gasteiger partial charge in [-0.1, -0.05) is 53.0 Å². The largest absolute Gasteiger partial charge is 0.344 e. The number of rotatable bonds is 4. The van der Waals surface area contributed by atoms with Crippen LogP contribution in [0.3, 0.4) is 0 Å². The van der Waals surface area contributed by atoms with E-state index < -0.39 is 11.7 Å². The summed E-state index contributed by atoms with van der Waals surface area (Å²) in [6, 6.07) is 12.8. The van der Waals surface area contributed by atoms with Crippen LogP contribution in [0.4, 0.5) is 0 Å². The highest BCUT2D eigenvalue weighted by Gasteiger charge is 2.49. The minimum absolute atomic E-state index is 0.126. The zero-order valence-electron chi connectivity index (χ0n) is 13.5. The Morgan fingerprint density at radius 1 is 1.08 bits per heavy atom. The second kappa shape index (κ2) is 7.18. The van der Waals surface area contributed by atoms with Crippen molar-refractivity contribution in [2.45, 2.75) is 18.2 Å². The lowest BCUT2D eigenvalue weighted by Gasteiger charge is -2.34. The van der Waals surface area contributed by atoms with Crippen LogP contribution < -0.4 is 0 Å². The number of benzene rings is 2. The summed E-state index contributed by atoms with van der Waals surface area (Å²) in [5, 5.41) is 5.93. The summed E-state index contributed by atoms with van der Waals surface area (Å²) in [4.78, 5) is 4.02. The Hall–Kier alpha value is -1.63. The lowest BCUT2D eigenvalue weighted by Crippen LogP contribution is -2.37. The van der Waals surface area contributed by atoms with E-state index in [1.54, 1.807) is 23.1 Å². The second-order valence-electron chi connectivity index (χ2n) is 5.97. The minimum Gasteiger partial charge on any atom is -0.344 e. The molecule has 134 valence electrons. The maximum Gasteiger partial charge on any atom is 0.149 e. The Morgan fingerprint density at radius 2 is 1.85 bits per heavy atom. The molecular formula is C18H14Cl3N3O2. The van der Waals surface area contributed by atoms with Crippen LogP contribution in [0.1, 0.15) is 17.2 Å². The molecule has 1 saturated heterocycles. The van der Waals surface area contributed by atoms with E-state index in [2.05, 4.69) is 10.1 Å². The van der Waals surface area contributed by atoms with Gasteiger partial charge in [-0.2, -0.15) is 5.10 Å². The van der Waals surface area contributed by atoms with Gasteiger partial charge in [0.15, 0.2) is 0 Å². The molecule has 1 fully saturated rings. The van der Waals surface area contributed by atoms with E-state index in [4.69, 9.17) is 44.3 Å². The average molecular weight is 411 g/mol. The Kier molecular flexibility index (Phi) is 4.90. The summed E-state index contributed by atoms with van der Waals surface area (Å²) in [5.74, 6) is 0. The summed E-state index contributed by atoms with van der Waals surface area (Å²) >= 11 is 18.6. The molecule has 2 atom stereocenters. The molecule has 3 aromatic rings. The molecule has 2 heterocycles. The first-order valence-electron chi connectivity index (χ1n) is 7.87. The summed E-state index contributed by atoms with van der Waals surface area (Å²) in [6.07, 6.45) is 2.71. The fourth-order valence-electron chi connectivity index (χ4n) is 3.24. The Morgan fingerprint density at radius 3 is 2.54 bits per heavy atom. The van der Waals surface area contributed by atoms with Crippen LogP contribution in [-0.4, -0.2) is 21.6 Å². The van der Waals surface area contributed by atoms with E-state index in [9.17, 15) is 0 Å². The quantitative estimate of drug-likeness (QED) is 0.615. The molecule has 0 spiro atoms. The predicted molar refractivity (Wildman–Crippen MR) is 99.4 cm³/mol. The summed E-state index contributed by atoms with van der Waals surface area (Å²) in [7, 11) is 0. The highest BCUT2D eigenvalue weighted by Crippen LogP contribution is 2.49. The highest BCUT2D eigenvalue weighted by molar-refractivity contribution is 6.35. The molecule has 0 bridgehead atoms. The zero-order chi connectivity index (χ0) is 18.1. The van der Waals surface area contributed by atoms with Gasteiger partial charge in [-0.05, 0) is 29.8 Å². The first-order valence-corrected chi connectivity index (χ1v) is 9.01. The molecule has 0 aliphatic carbocycles. The fourth-order valence-corrected chi connectivity index (χ4v) is 3.94. The van der Waals surface area contributed by atoms with Crippen LogP contribution in [0, 0.1) is 0 Å². The van der Waals surface area contributed by atoms with Gasteiger partial charge < -0.3 is 9.47 Å². The summed E-state index contributed by atoms with van der Waals surface area (Å²) in [5.41, 5.74) is 0.818. The van der Waals surface area contributed by atoms with Gasteiger partial charge in [-0.3, -0.25) is 0 Å². The number of hydrogen-bond acceptors (Lipinski definition) is 4. The van der Waals surface area contributed by atoms with Crippen molar-refractivity contribution in [2.24, 2.45) is 0 Å².